The summed E-state index contributed by atoms with van der Waals surface area (Å²) in [4.78, 5) is 2.25. The zero-order chi connectivity index (χ0) is 14.4. The van der Waals surface area contributed by atoms with E-state index in [2.05, 4.69) is 18.7 Å². The Morgan fingerprint density at radius 1 is 1.37 bits per heavy atom. The second-order valence-electron chi connectivity index (χ2n) is 4.99. The SMILES string of the molecule is CCN(C(C)COC)C(c1cccc(F)c1)C(C)N. The molecular weight excluding hydrogens is 243 g/mol. The molecule has 0 fully saturated rings. The number of halogens is 1. The summed E-state index contributed by atoms with van der Waals surface area (Å²) in [7, 11) is 1.69. The van der Waals surface area contributed by atoms with Crippen LogP contribution in [0.4, 0.5) is 4.39 Å². The first kappa shape index (κ1) is 16.1. The fourth-order valence-corrected chi connectivity index (χ4v) is 2.61. The minimum Gasteiger partial charge on any atom is -0.383 e. The maximum absolute atomic E-state index is 13.4. The largest absolute Gasteiger partial charge is 0.383 e. The maximum atomic E-state index is 13.4. The van der Waals surface area contributed by atoms with Crippen LogP contribution in [0.2, 0.25) is 0 Å². The molecular formula is C15H25FN2O. The van der Waals surface area contributed by atoms with Gasteiger partial charge in [-0.15, -0.1) is 0 Å². The summed E-state index contributed by atoms with van der Waals surface area (Å²) >= 11 is 0. The zero-order valence-corrected chi connectivity index (χ0v) is 12.3. The Hall–Kier alpha value is -0.970. The van der Waals surface area contributed by atoms with Gasteiger partial charge in [0.25, 0.3) is 0 Å². The van der Waals surface area contributed by atoms with Crippen LogP contribution in [0.15, 0.2) is 24.3 Å². The topological polar surface area (TPSA) is 38.5 Å². The van der Waals surface area contributed by atoms with Crippen molar-refractivity contribution in [1.82, 2.24) is 4.90 Å². The molecule has 4 heteroatoms. The average Bonchev–Trinajstić information content (AvgIpc) is 2.35. The molecule has 1 rings (SSSR count). The number of nitrogens with zero attached hydrogens (tertiary/aromatic N) is 1. The minimum atomic E-state index is -0.224. The summed E-state index contributed by atoms with van der Waals surface area (Å²) in [6.45, 7) is 7.61. The quantitative estimate of drug-likeness (QED) is 0.826. The normalized spacial score (nSPS) is 16.4. The van der Waals surface area contributed by atoms with Gasteiger partial charge in [0.15, 0.2) is 0 Å². The number of methoxy groups -OCH3 is 1. The van der Waals surface area contributed by atoms with Crippen molar-refractivity contribution in [3.8, 4) is 0 Å². The van der Waals surface area contributed by atoms with Crippen LogP contribution in [-0.4, -0.2) is 37.2 Å². The molecule has 19 heavy (non-hydrogen) atoms. The summed E-state index contributed by atoms with van der Waals surface area (Å²) in [6, 6.07) is 6.82. The van der Waals surface area contributed by atoms with Gasteiger partial charge in [-0.2, -0.15) is 0 Å². The summed E-state index contributed by atoms with van der Waals surface area (Å²) < 4.78 is 18.6. The molecule has 0 aromatic heterocycles. The van der Waals surface area contributed by atoms with Gasteiger partial charge in [0.2, 0.25) is 0 Å². The Labute approximate surface area is 115 Å². The smallest absolute Gasteiger partial charge is 0.123 e. The summed E-state index contributed by atoms with van der Waals surface area (Å²) in [5.74, 6) is -0.224. The van der Waals surface area contributed by atoms with E-state index in [1.54, 1.807) is 19.2 Å². The van der Waals surface area contributed by atoms with E-state index in [9.17, 15) is 4.39 Å². The molecule has 0 heterocycles. The highest BCUT2D eigenvalue weighted by Crippen LogP contribution is 2.26. The molecule has 0 aliphatic heterocycles. The first-order valence-electron chi connectivity index (χ1n) is 6.77. The van der Waals surface area contributed by atoms with Crippen LogP contribution >= 0.6 is 0 Å². The highest BCUT2D eigenvalue weighted by atomic mass is 19.1. The van der Waals surface area contributed by atoms with Gasteiger partial charge in [-0.25, -0.2) is 4.39 Å². The average molecular weight is 268 g/mol. The lowest BCUT2D eigenvalue weighted by Crippen LogP contribution is -2.45. The molecule has 108 valence electrons. The molecule has 2 N–H and O–H groups in total. The monoisotopic (exact) mass is 268 g/mol. The second kappa shape index (κ2) is 7.58. The van der Waals surface area contributed by atoms with Crippen LogP contribution in [0.5, 0.6) is 0 Å². The number of rotatable bonds is 7. The molecule has 3 atom stereocenters. The van der Waals surface area contributed by atoms with E-state index in [1.807, 2.05) is 13.0 Å². The number of likely N-dealkylation sites (N-methyl/N-ethyl adjacent to an activating group) is 1. The van der Waals surface area contributed by atoms with Crippen molar-refractivity contribution in [3.63, 3.8) is 0 Å². The third-order valence-electron chi connectivity index (χ3n) is 3.38. The fraction of sp³-hybridized carbons (Fsp3) is 0.600. The predicted octanol–water partition coefficient (Wildman–Crippen LogP) is 2.57. The molecule has 0 saturated heterocycles. The number of hydrogen-bond donors (Lipinski definition) is 1. The van der Waals surface area contributed by atoms with E-state index in [0.717, 1.165) is 12.1 Å². The van der Waals surface area contributed by atoms with Gasteiger partial charge in [-0.05, 0) is 38.1 Å². The van der Waals surface area contributed by atoms with Crippen molar-refractivity contribution < 1.29 is 9.13 Å². The lowest BCUT2D eigenvalue weighted by molar-refractivity contribution is 0.0653. The third-order valence-corrected chi connectivity index (χ3v) is 3.38. The fourth-order valence-electron chi connectivity index (χ4n) is 2.61. The van der Waals surface area contributed by atoms with Gasteiger partial charge in [0, 0.05) is 19.2 Å². The number of ether oxygens (including phenoxy) is 1. The Balaban J connectivity index is 3.04. The summed E-state index contributed by atoms with van der Waals surface area (Å²) in [5.41, 5.74) is 7.04. The Bertz CT molecular complexity index is 384. The molecule has 0 saturated carbocycles. The highest BCUT2D eigenvalue weighted by Gasteiger charge is 2.27. The Morgan fingerprint density at radius 3 is 2.53 bits per heavy atom. The van der Waals surface area contributed by atoms with Gasteiger partial charge in [0.1, 0.15) is 5.82 Å². The van der Waals surface area contributed by atoms with Gasteiger partial charge < -0.3 is 10.5 Å². The van der Waals surface area contributed by atoms with Crippen molar-refractivity contribution in [3.05, 3.63) is 35.6 Å². The third kappa shape index (κ3) is 4.27. The predicted molar refractivity (Wildman–Crippen MR) is 76.5 cm³/mol. The van der Waals surface area contributed by atoms with Crippen LogP contribution in [0.25, 0.3) is 0 Å². The van der Waals surface area contributed by atoms with Crippen LogP contribution in [-0.2, 0) is 4.74 Å². The maximum Gasteiger partial charge on any atom is 0.123 e. The van der Waals surface area contributed by atoms with Crippen LogP contribution < -0.4 is 5.73 Å². The second-order valence-corrected chi connectivity index (χ2v) is 4.99. The highest BCUT2D eigenvalue weighted by molar-refractivity contribution is 5.22. The Morgan fingerprint density at radius 2 is 2.05 bits per heavy atom. The molecule has 1 aromatic carbocycles. The molecule has 0 bridgehead atoms. The summed E-state index contributed by atoms with van der Waals surface area (Å²) in [6.07, 6.45) is 0. The van der Waals surface area contributed by atoms with E-state index >= 15 is 0 Å². The molecule has 3 nitrogen and oxygen atoms in total. The molecule has 0 amide bonds. The minimum absolute atomic E-state index is 0.00847. The first-order chi connectivity index (χ1) is 9.01. The molecule has 1 aromatic rings. The Kier molecular flexibility index (Phi) is 6.42. The van der Waals surface area contributed by atoms with Crippen LogP contribution in [0.1, 0.15) is 32.4 Å². The van der Waals surface area contributed by atoms with Gasteiger partial charge >= 0.3 is 0 Å². The van der Waals surface area contributed by atoms with Crippen molar-refractivity contribution in [2.24, 2.45) is 5.73 Å². The van der Waals surface area contributed by atoms with Crippen molar-refractivity contribution in [2.75, 3.05) is 20.3 Å². The first-order valence-corrected chi connectivity index (χ1v) is 6.77. The zero-order valence-electron chi connectivity index (χ0n) is 12.3. The van der Waals surface area contributed by atoms with Gasteiger partial charge in [-0.3, -0.25) is 4.90 Å². The molecule has 0 aliphatic rings. The van der Waals surface area contributed by atoms with Crippen molar-refractivity contribution >= 4 is 0 Å². The number of benzene rings is 1. The van der Waals surface area contributed by atoms with Crippen LogP contribution in [0, 0.1) is 5.82 Å². The van der Waals surface area contributed by atoms with E-state index in [0.29, 0.717) is 6.61 Å². The van der Waals surface area contributed by atoms with Gasteiger partial charge in [-0.1, -0.05) is 19.1 Å². The molecule has 3 unspecified atom stereocenters. The molecule has 0 spiro atoms. The van der Waals surface area contributed by atoms with Crippen molar-refractivity contribution in [2.45, 2.75) is 38.9 Å². The van der Waals surface area contributed by atoms with Gasteiger partial charge in [0.05, 0.1) is 12.6 Å². The van der Waals surface area contributed by atoms with E-state index in [4.69, 9.17) is 10.5 Å². The lowest BCUT2D eigenvalue weighted by Gasteiger charge is -2.38. The molecule has 0 aliphatic carbocycles. The van der Waals surface area contributed by atoms with E-state index in [1.165, 1.54) is 6.07 Å². The number of hydrogen-bond acceptors (Lipinski definition) is 3. The number of nitrogens with two attached hydrogens (primary N) is 1. The standard InChI is InChI=1S/C15H25FN2O/c1-5-18(11(2)10-19-4)15(12(3)17)13-7-6-8-14(16)9-13/h6-9,11-12,15H,5,10,17H2,1-4H3. The van der Waals surface area contributed by atoms with E-state index < -0.39 is 0 Å². The summed E-state index contributed by atoms with van der Waals surface area (Å²) in [5, 5.41) is 0. The van der Waals surface area contributed by atoms with Crippen LogP contribution in [0.3, 0.4) is 0 Å². The lowest BCUT2D eigenvalue weighted by atomic mass is 9.97. The van der Waals surface area contributed by atoms with E-state index in [-0.39, 0.29) is 23.9 Å². The van der Waals surface area contributed by atoms with Crippen molar-refractivity contribution in [1.29, 1.82) is 0 Å². The molecule has 0 radical (unpaired) electrons.